The molecule has 0 aliphatic heterocycles. The Kier molecular flexibility index (Phi) is 4.98. The van der Waals surface area contributed by atoms with Gasteiger partial charge < -0.3 is 10.1 Å². The number of fused-ring (bicyclic) bond motifs is 2. The minimum Gasteiger partial charge on any atom is -0.508 e. The monoisotopic (exact) mass is 348 g/mol. The maximum atomic E-state index is 9.83. The van der Waals surface area contributed by atoms with Crippen molar-refractivity contribution in [2.75, 3.05) is 13.1 Å². The molecule has 1 heterocycles. The Hall–Kier alpha value is -2.26. The van der Waals surface area contributed by atoms with Gasteiger partial charge in [-0.1, -0.05) is 25.1 Å². The third kappa shape index (κ3) is 3.49. The Labute approximate surface area is 155 Å². The second kappa shape index (κ2) is 7.55. The molecule has 0 spiro atoms. The van der Waals surface area contributed by atoms with Gasteiger partial charge in [0, 0.05) is 29.7 Å². The quantitative estimate of drug-likeness (QED) is 0.678. The smallest absolute Gasteiger partial charge is 0.115 e. The lowest BCUT2D eigenvalue weighted by Gasteiger charge is -2.35. The van der Waals surface area contributed by atoms with Crippen molar-refractivity contribution in [2.24, 2.45) is 0 Å². The van der Waals surface area contributed by atoms with Crippen molar-refractivity contribution in [2.45, 2.75) is 45.1 Å². The van der Waals surface area contributed by atoms with E-state index in [4.69, 9.17) is 0 Å². The lowest BCUT2D eigenvalue weighted by Crippen LogP contribution is -2.41. The van der Waals surface area contributed by atoms with Crippen molar-refractivity contribution in [3.05, 3.63) is 65.4 Å². The molecule has 1 atom stereocenters. The molecule has 136 valence electrons. The molecule has 0 saturated carbocycles. The summed E-state index contributed by atoms with van der Waals surface area (Å²) in [4.78, 5) is 5.98. The number of aromatic hydroxyl groups is 1. The van der Waals surface area contributed by atoms with Crippen LogP contribution in [-0.2, 0) is 19.3 Å². The second-order valence-corrected chi connectivity index (χ2v) is 7.49. The fraction of sp³-hybridized carbons (Fsp3) is 0.391. The average molecular weight is 348 g/mol. The number of hydrogen-bond acceptors (Lipinski definition) is 2. The van der Waals surface area contributed by atoms with E-state index in [1.54, 1.807) is 0 Å². The van der Waals surface area contributed by atoms with Crippen LogP contribution >= 0.6 is 0 Å². The zero-order chi connectivity index (χ0) is 17.9. The minimum absolute atomic E-state index is 0.394. The molecule has 0 saturated heterocycles. The van der Waals surface area contributed by atoms with Gasteiger partial charge in [-0.25, -0.2) is 0 Å². The number of phenolic OH excluding ortho intramolecular Hbond substituents is 1. The molecular formula is C23H28N2O. The Morgan fingerprint density at radius 2 is 2.04 bits per heavy atom. The molecule has 0 amide bonds. The van der Waals surface area contributed by atoms with E-state index >= 15 is 0 Å². The predicted octanol–water partition coefficient (Wildman–Crippen LogP) is 4.69. The summed E-state index contributed by atoms with van der Waals surface area (Å²) in [5, 5.41) is 11.2. The van der Waals surface area contributed by atoms with Crippen molar-refractivity contribution < 1.29 is 5.11 Å². The van der Waals surface area contributed by atoms with Crippen LogP contribution in [0.15, 0.2) is 48.7 Å². The van der Waals surface area contributed by atoms with E-state index in [9.17, 15) is 5.11 Å². The Morgan fingerprint density at radius 3 is 2.92 bits per heavy atom. The summed E-state index contributed by atoms with van der Waals surface area (Å²) in [6.45, 7) is 4.50. The van der Waals surface area contributed by atoms with Gasteiger partial charge in [-0.2, -0.15) is 0 Å². The molecule has 3 aromatic rings. The Balaban J connectivity index is 1.48. The van der Waals surface area contributed by atoms with Crippen LogP contribution in [0.5, 0.6) is 5.75 Å². The van der Waals surface area contributed by atoms with E-state index in [1.807, 2.05) is 18.3 Å². The van der Waals surface area contributed by atoms with Gasteiger partial charge in [0.05, 0.1) is 0 Å². The van der Waals surface area contributed by atoms with E-state index in [0.717, 1.165) is 32.4 Å². The summed E-state index contributed by atoms with van der Waals surface area (Å²) in [5.74, 6) is 0.394. The van der Waals surface area contributed by atoms with Crippen molar-refractivity contribution in [3.63, 3.8) is 0 Å². The van der Waals surface area contributed by atoms with Gasteiger partial charge in [0.25, 0.3) is 0 Å². The van der Waals surface area contributed by atoms with Gasteiger partial charge in [-0.3, -0.25) is 4.90 Å². The van der Waals surface area contributed by atoms with E-state index in [0.29, 0.717) is 11.8 Å². The van der Waals surface area contributed by atoms with Crippen LogP contribution in [0.4, 0.5) is 0 Å². The molecule has 0 bridgehead atoms. The Morgan fingerprint density at radius 1 is 1.12 bits per heavy atom. The van der Waals surface area contributed by atoms with Crippen LogP contribution in [0.25, 0.3) is 10.9 Å². The number of H-pyrrole nitrogens is 1. The standard InChI is InChI=1S/C23H28N2O/c1-2-13-25(14-11-18-4-3-5-23-22(18)10-12-24-23)20-8-6-17-7-9-21(26)16-19(17)15-20/h3-5,7,9-10,12,16,20,24,26H,2,6,8,11,13-15H2,1H3. The van der Waals surface area contributed by atoms with Crippen LogP contribution in [0.2, 0.25) is 0 Å². The number of hydrogen-bond donors (Lipinski definition) is 2. The van der Waals surface area contributed by atoms with Gasteiger partial charge in [-0.15, -0.1) is 0 Å². The fourth-order valence-electron chi connectivity index (χ4n) is 4.43. The SMILES string of the molecule is CCCN(CCc1cccc2[nH]ccc12)C1CCc2ccc(O)cc2C1. The number of aromatic nitrogens is 1. The summed E-state index contributed by atoms with van der Waals surface area (Å²) >= 11 is 0. The molecule has 0 radical (unpaired) electrons. The van der Waals surface area contributed by atoms with Crippen molar-refractivity contribution in [1.82, 2.24) is 9.88 Å². The summed E-state index contributed by atoms with van der Waals surface area (Å²) in [7, 11) is 0. The van der Waals surface area contributed by atoms with Gasteiger partial charge >= 0.3 is 0 Å². The third-order valence-electron chi connectivity index (χ3n) is 5.77. The highest BCUT2D eigenvalue weighted by Crippen LogP contribution is 2.28. The number of nitrogens with one attached hydrogen (secondary N) is 1. The van der Waals surface area contributed by atoms with E-state index in [1.165, 1.54) is 40.4 Å². The molecule has 26 heavy (non-hydrogen) atoms. The fourth-order valence-corrected chi connectivity index (χ4v) is 4.43. The molecule has 3 heteroatoms. The zero-order valence-electron chi connectivity index (χ0n) is 15.5. The minimum atomic E-state index is 0.394. The number of aromatic amines is 1. The van der Waals surface area contributed by atoms with Crippen molar-refractivity contribution in [1.29, 1.82) is 0 Å². The van der Waals surface area contributed by atoms with Gasteiger partial charge in [-0.05, 0) is 79.6 Å². The molecule has 1 aromatic heterocycles. The van der Waals surface area contributed by atoms with Crippen molar-refractivity contribution >= 4 is 10.9 Å². The van der Waals surface area contributed by atoms with Crippen LogP contribution in [0.1, 0.15) is 36.5 Å². The highest BCUT2D eigenvalue weighted by Gasteiger charge is 2.24. The highest BCUT2D eigenvalue weighted by atomic mass is 16.3. The first-order chi connectivity index (χ1) is 12.7. The molecule has 1 unspecified atom stereocenters. The number of benzene rings is 2. The lowest BCUT2D eigenvalue weighted by atomic mass is 9.87. The van der Waals surface area contributed by atoms with Crippen LogP contribution in [-0.4, -0.2) is 34.1 Å². The molecular weight excluding hydrogens is 320 g/mol. The molecule has 2 N–H and O–H groups in total. The first-order valence-corrected chi connectivity index (χ1v) is 9.84. The number of aryl methyl sites for hydroxylation is 1. The van der Waals surface area contributed by atoms with E-state index in [-0.39, 0.29) is 0 Å². The van der Waals surface area contributed by atoms with E-state index in [2.05, 4.69) is 47.1 Å². The number of rotatable bonds is 6. The first-order valence-electron chi connectivity index (χ1n) is 9.84. The van der Waals surface area contributed by atoms with Gasteiger partial charge in [0.2, 0.25) is 0 Å². The van der Waals surface area contributed by atoms with Crippen LogP contribution in [0.3, 0.4) is 0 Å². The Bertz CT molecular complexity index is 883. The summed E-state index contributed by atoms with van der Waals surface area (Å²) in [6.07, 6.45) is 7.68. The molecule has 4 rings (SSSR count). The molecule has 0 fully saturated rings. The summed E-state index contributed by atoms with van der Waals surface area (Å²) in [5.41, 5.74) is 5.40. The highest BCUT2D eigenvalue weighted by molar-refractivity contribution is 5.82. The van der Waals surface area contributed by atoms with E-state index < -0.39 is 0 Å². The topological polar surface area (TPSA) is 39.3 Å². The maximum absolute atomic E-state index is 9.83. The van der Waals surface area contributed by atoms with Crippen LogP contribution < -0.4 is 0 Å². The zero-order valence-corrected chi connectivity index (χ0v) is 15.5. The third-order valence-corrected chi connectivity index (χ3v) is 5.77. The maximum Gasteiger partial charge on any atom is 0.115 e. The summed E-state index contributed by atoms with van der Waals surface area (Å²) in [6, 6.07) is 15.2. The molecule has 1 aliphatic carbocycles. The molecule has 3 nitrogen and oxygen atoms in total. The van der Waals surface area contributed by atoms with Crippen molar-refractivity contribution in [3.8, 4) is 5.75 Å². The lowest BCUT2D eigenvalue weighted by molar-refractivity contribution is 0.182. The second-order valence-electron chi connectivity index (χ2n) is 7.49. The van der Waals surface area contributed by atoms with Crippen LogP contribution in [0, 0.1) is 0 Å². The largest absolute Gasteiger partial charge is 0.508 e. The molecule has 2 aromatic carbocycles. The van der Waals surface area contributed by atoms with Gasteiger partial charge in [0.1, 0.15) is 5.75 Å². The number of phenols is 1. The predicted molar refractivity (Wildman–Crippen MR) is 108 cm³/mol. The first kappa shape index (κ1) is 17.2. The normalized spacial score (nSPS) is 16.9. The summed E-state index contributed by atoms with van der Waals surface area (Å²) < 4.78 is 0. The average Bonchev–Trinajstić information content (AvgIpc) is 3.14. The molecule has 1 aliphatic rings. The number of nitrogens with zero attached hydrogens (tertiary/aromatic N) is 1. The van der Waals surface area contributed by atoms with Gasteiger partial charge in [0.15, 0.2) is 0 Å².